The molecular weight excluding hydrogens is 328 g/mol. The maximum Gasteiger partial charge on any atom is 0.311 e. The summed E-state index contributed by atoms with van der Waals surface area (Å²) >= 11 is 0. The van der Waals surface area contributed by atoms with E-state index in [1.54, 1.807) is 0 Å². The van der Waals surface area contributed by atoms with E-state index in [9.17, 15) is 9.59 Å². The number of carbonyl (C=O) groups is 2. The van der Waals surface area contributed by atoms with Crippen LogP contribution in [0, 0.1) is 58.7 Å². The van der Waals surface area contributed by atoms with Gasteiger partial charge in [-0.1, -0.05) is 13.8 Å². The fourth-order valence-corrected chi connectivity index (χ4v) is 7.42. The molecule has 0 spiro atoms. The molecular formula is C22H34O4. The minimum atomic E-state index is -0.311. The van der Waals surface area contributed by atoms with Gasteiger partial charge in [0.2, 0.25) is 0 Å². The van der Waals surface area contributed by atoms with E-state index >= 15 is 0 Å². The van der Waals surface area contributed by atoms with Crippen LogP contribution in [0.2, 0.25) is 0 Å². The summed E-state index contributed by atoms with van der Waals surface area (Å²) in [4.78, 5) is 22.7. The summed E-state index contributed by atoms with van der Waals surface area (Å²) in [7, 11) is 1.42. The number of hydrogen-bond acceptors (Lipinski definition) is 4. The number of rotatable bonds is 2. The van der Waals surface area contributed by atoms with Gasteiger partial charge in [0.1, 0.15) is 0 Å². The summed E-state index contributed by atoms with van der Waals surface area (Å²) in [6.07, 6.45) is 5.10. The smallest absolute Gasteiger partial charge is 0.311 e. The highest BCUT2D eigenvalue weighted by Gasteiger charge is 2.70. The molecule has 1 aliphatic heterocycles. The van der Waals surface area contributed by atoms with Gasteiger partial charge in [-0.3, -0.25) is 9.59 Å². The Morgan fingerprint density at radius 1 is 1.12 bits per heavy atom. The molecule has 4 bridgehead atoms. The lowest BCUT2D eigenvalue weighted by Gasteiger charge is -2.38. The van der Waals surface area contributed by atoms with Crippen LogP contribution >= 0.6 is 0 Å². The summed E-state index contributed by atoms with van der Waals surface area (Å²) in [6, 6.07) is 0. The molecule has 4 saturated carbocycles. The quantitative estimate of drug-likeness (QED) is 0.552. The van der Waals surface area contributed by atoms with Crippen LogP contribution in [0.25, 0.3) is 0 Å². The van der Waals surface area contributed by atoms with E-state index in [1.165, 1.54) is 26.4 Å². The molecule has 0 aromatic carbocycles. The van der Waals surface area contributed by atoms with Crippen molar-refractivity contribution in [2.24, 2.45) is 58.7 Å². The second-order valence-electron chi connectivity index (χ2n) is 10.0. The maximum absolute atomic E-state index is 11.9. The van der Waals surface area contributed by atoms with Crippen molar-refractivity contribution in [1.82, 2.24) is 0 Å². The molecule has 9 atom stereocenters. The predicted molar refractivity (Wildman–Crippen MR) is 98.0 cm³/mol. The van der Waals surface area contributed by atoms with E-state index in [-0.39, 0.29) is 17.4 Å². The lowest BCUT2D eigenvalue weighted by Crippen LogP contribution is -2.38. The first-order valence-corrected chi connectivity index (χ1v) is 10.6. The van der Waals surface area contributed by atoms with Crippen molar-refractivity contribution in [3.63, 3.8) is 0 Å². The topological polar surface area (TPSA) is 52.6 Å². The van der Waals surface area contributed by atoms with Crippen LogP contribution in [0.3, 0.4) is 0 Å². The average Bonchev–Trinajstić information content (AvgIpc) is 3.41. The SMILES string of the molecule is CC1C2CCC1C1C3CC(C4COC(=O)C43)C21.CCC(C)(C)C(=O)OC. The molecule has 26 heavy (non-hydrogen) atoms. The third-order valence-corrected chi connectivity index (χ3v) is 8.93. The first kappa shape index (κ1) is 18.3. The molecule has 5 aliphatic rings. The molecule has 0 aromatic heterocycles. The predicted octanol–water partition coefficient (Wildman–Crippen LogP) is 3.93. The Hall–Kier alpha value is -1.06. The molecule has 0 amide bonds. The molecule has 4 nitrogen and oxygen atoms in total. The highest BCUT2D eigenvalue weighted by atomic mass is 16.5. The fourth-order valence-electron chi connectivity index (χ4n) is 7.42. The Morgan fingerprint density at radius 2 is 1.73 bits per heavy atom. The molecule has 5 fully saturated rings. The summed E-state index contributed by atoms with van der Waals surface area (Å²) in [5, 5.41) is 0. The molecule has 146 valence electrons. The third kappa shape index (κ3) is 2.39. The van der Waals surface area contributed by atoms with E-state index in [0.29, 0.717) is 17.8 Å². The first-order valence-electron chi connectivity index (χ1n) is 10.6. The number of esters is 2. The zero-order valence-electron chi connectivity index (χ0n) is 16.9. The van der Waals surface area contributed by atoms with Crippen molar-refractivity contribution in [1.29, 1.82) is 0 Å². The lowest BCUT2D eigenvalue weighted by molar-refractivity contribution is -0.150. The van der Waals surface area contributed by atoms with E-state index in [1.807, 2.05) is 20.8 Å². The van der Waals surface area contributed by atoms with Crippen LogP contribution in [0.1, 0.15) is 53.4 Å². The van der Waals surface area contributed by atoms with Crippen LogP contribution in [0.15, 0.2) is 0 Å². The van der Waals surface area contributed by atoms with Crippen LogP contribution in [0.4, 0.5) is 0 Å². The minimum Gasteiger partial charge on any atom is -0.469 e. The summed E-state index contributed by atoms with van der Waals surface area (Å²) in [5.41, 5.74) is -0.311. The van der Waals surface area contributed by atoms with Crippen molar-refractivity contribution in [3.8, 4) is 0 Å². The Labute approximate surface area is 157 Å². The van der Waals surface area contributed by atoms with Crippen molar-refractivity contribution >= 4 is 11.9 Å². The zero-order chi connectivity index (χ0) is 18.8. The average molecular weight is 363 g/mol. The minimum absolute atomic E-state index is 0.134. The lowest BCUT2D eigenvalue weighted by atomic mass is 9.64. The van der Waals surface area contributed by atoms with Crippen molar-refractivity contribution in [2.75, 3.05) is 13.7 Å². The molecule has 1 heterocycles. The summed E-state index contributed by atoms with van der Waals surface area (Å²) in [5.74, 6) is 7.28. The highest BCUT2D eigenvalue weighted by Crippen LogP contribution is 2.72. The Morgan fingerprint density at radius 3 is 2.27 bits per heavy atom. The highest BCUT2D eigenvalue weighted by molar-refractivity contribution is 5.76. The monoisotopic (exact) mass is 362 g/mol. The van der Waals surface area contributed by atoms with Gasteiger partial charge in [-0.05, 0) is 81.0 Å². The Balaban J connectivity index is 0.000000163. The number of ether oxygens (including phenoxy) is 2. The van der Waals surface area contributed by atoms with Gasteiger partial charge in [0.05, 0.1) is 25.0 Å². The number of methoxy groups -OCH3 is 1. The van der Waals surface area contributed by atoms with E-state index in [0.717, 1.165) is 48.5 Å². The molecule has 0 N–H and O–H groups in total. The van der Waals surface area contributed by atoms with Gasteiger partial charge in [0.15, 0.2) is 0 Å². The van der Waals surface area contributed by atoms with Crippen LogP contribution < -0.4 is 0 Å². The number of carbonyl (C=O) groups excluding carboxylic acids is 2. The molecule has 0 radical (unpaired) electrons. The standard InChI is InChI=1S/C15H20O2.C7H14O2/c1-6-7-2-3-8(6)13-10-4-9(12(7)13)11-5-17-15(16)14(10)11;1-5-7(2,3)6(8)9-4/h6-14H,2-5H2,1H3;5H2,1-4H3. The molecule has 9 unspecified atom stereocenters. The van der Waals surface area contributed by atoms with Gasteiger partial charge >= 0.3 is 11.9 Å². The molecule has 0 aromatic rings. The molecule has 1 saturated heterocycles. The van der Waals surface area contributed by atoms with Gasteiger partial charge in [0.25, 0.3) is 0 Å². The Kier molecular flexibility index (Phi) is 4.39. The number of hydrogen-bond donors (Lipinski definition) is 0. The number of fused-ring (bicyclic) bond motifs is 12. The van der Waals surface area contributed by atoms with E-state index < -0.39 is 0 Å². The normalized spacial score (nSPS) is 47.1. The first-order chi connectivity index (χ1) is 12.3. The second kappa shape index (κ2) is 6.24. The molecule has 4 heteroatoms. The second-order valence-corrected chi connectivity index (χ2v) is 10.0. The third-order valence-electron chi connectivity index (χ3n) is 8.93. The van der Waals surface area contributed by atoms with Gasteiger partial charge in [-0.15, -0.1) is 0 Å². The molecule has 5 rings (SSSR count). The number of cyclic esters (lactones) is 1. The molecule has 4 aliphatic carbocycles. The van der Waals surface area contributed by atoms with Gasteiger partial charge in [0, 0.05) is 5.92 Å². The van der Waals surface area contributed by atoms with E-state index in [2.05, 4.69) is 11.7 Å². The largest absolute Gasteiger partial charge is 0.469 e. The van der Waals surface area contributed by atoms with Crippen LogP contribution in [-0.2, 0) is 19.1 Å². The van der Waals surface area contributed by atoms with Gasteiger partial charge in [-0.2, -0.15) is 0 Å². The van der Waals surface area contributed by atoms with Crippen LogP contribution in [-0.4, -0.2) is 25.7 Å². The van der Waals surface area contributed by atoms with Gasteiger partial charge in [-0.25, -0.2) is 0 Å². The maximum atomic E-state index is 11.9. The van der Waals surface area contributed by atoms with Crippen LogP contribution in [0.5, 0.6) is 0 Å². The van der Waals surface area contributed by atoms with Crippen molar-refractivity contribution in [3.05, 3.63) is 0 Å². The summed E-state index contributed by atoms with van der Waals surface area (Å²) < 4.78 is 9.91. The van der Waals surface area contributed by atoms with Gasteiger partial charge < -0.3 is 9.47 Å². The fraction of sp³-hybridized carbons (Fsp3) is 0.909. The van der Waals surface area contributed by atoms with E-state index in [4.69, 9.17) is 4.74 Å². The Bertz CT molecular complexity index is 597. The van der Waals surface area contributed by atoms with Crippen molar-refractivity contribution in [2.45, 2.75) is 53.4 Å². The van der Waals surface area contributed by atoms with Crippen molar-refractivity contribution < 1.29 is 19.1 Å². The zero-order valence-corrected chi connectivity index (χ0v) is 16.9. The summed E-state index contributed by atoms with van der Waals surface area (Å²) in [6.45, 7) is 8.95.